The van der Waals surface area contributed by atoms with Crippen LogP contribution in [0, 0.1) is 28.5 Å². The molecule has 0 saturated heterocycles. The van der Waals surface area contributed by atoms with Crippen molar-refractivity contribution in [3.63, 3.8) is 0 Å². The van der Waals surface area contributed by atoms with Gasteiger partial charge in [-0.3, -0.25) is 4.79 Å². The maximum Gasteiger partial charge on any atom is 0.341 e. The Kier molecular flexibility index (Phi) is 9.89. The minimum atomic E-state index is -3.92. The van der Waals surface area contributed by atoms with Gasteiger partial charge in [-0.2, -0.15) is 14.8 Å². The molecule has 1 aromatic rings. The molecule has 0 aliphatic rings. The number of amides is 1. The van der Waals surface area contributed by atoms with Gasteiger partial charge < -0.3 is 9.64 Å². The van der Waals surface area contributed by atoms with Crippen LogP contribution in [0.1, 0.15) is 37.0 Å². The second-order valence-electron chi connectivity index (χ2n) is 6.00. The lowest BCUT2D eigenvalue weighted by Gasteiger charge is -2.20. The summed E-state index contributed by atoms with van der Waals surface area (Å²) in [6, 6.07) is 6.52. The molecule has 0 aliphatic heterocycles. The van der Waals surface area contributed by atoms with Crippen LogP contribution >= 0.6 is 0 Å². The summed E-state index contributed by atoms with van der Waals surface area (Å²) in [6.07, 6.45) is 0.0655. The van der Waals surface area contributed by atoms with E-state index in [4.69, 9.17) is 15.3 Å². The number of ether oxygens (including phenoxy) is 1. The number of hydrogen-bond acceptors (Lipinski definition) is 7. The third-order valence-electron chi connectivity index (χ3n) is 4.17. The largest absolute Gasteiger partial charge is 0.452 e. The Labute approximate surface area is 175 Å². The van der Waals surface area contributed by atoms with Crippen LogP contribution in [0.5, 0.6) is 0 Å². The maximum atomic E-state index is 14.1. The van der Waals surface area contributed by atoms with Crippen molar-refractivity contribution in [1.29, 1.82) is 10.5 Å². The molecule has 11 heteroatoms. The Morgan fingerprint density at radius 3 is 2.17 bits per heavy atom. The topological polar surface area (TPSA) is 132 Å². The first-order valence-electron chi connectivity index (χ1n) is 9.21. The van der Waals surface area contributed by atoms with Crippen LogP contribution in [0.15, 0.2) is 23.1 Å². The molecule has 0 aromatic heterocycles. The molecule has 1 rings (SSSR count). The van der Waals surface area contributed by atoms with Crippen LogP contribution in [0.2, 0.25) is 0 Å². The fourth-order valence-electron chi connectivity index (χ4n) is 2.56. The summed E-state index contributed by atoms with van der Waals surface area (Å²) in [5.41, 5.74) is -0.614. The van der Waals surface area contributed by atoms with Gasteiger partial charge in [-0.15, -0.1) is 0 Å². The number of sulfonamides is 1. The van der Waals surface area contributed by atoms with E-state index < -0.39 is 39.9 Å². The number of halogens is 1. The molecule has 0 bridgehead atoms. The van der Waals surface area contributed by atoms with Gasteiger partial charge >= 0.3 is 5.97 Å². The van der Waals surface area contributed by atoms with E-state index in [-0.39, 0.29) is 43.9 Å². The second-order valence-corrected chi connectivity index (χ2v) is 7.94. The molecule has 0 unspecified atom stereocenters. The third kappa shape index (κ3) is 6.51. The molecule has 162 valence electrons. The zero-order valence-corrected chi connectivity index (χ0v) is 17.6. The highest BCUT2D eigenvalue weighted by Gasteiger charge is 2.25. The highest BCUT2D eigenvalue weighted by atomic mass is 32.2. The number of esters is 1. The summed E-state index contributed by atoms with van der Waals surface area (Å²) in [5.74, 6) is -2.84. The summed E-state index contributed by atoms with van der Waals surface area (Å²) in [4.78, 5) is 25.4. The Morgan fingerprint density at radius 1 is 1.10 bits per heavy atom. The molecule has 30 heavy (non-hydrogen) atoms. The first kappa shape index (κ1) is 25.0. The molecule has 9 nitrogen and oxygen atoms in total. The molecule has 0 N–H and O–H groups in total. The smallest absolute Gasteiger partial charge is 0.341 e. The lowest BCUT2D eigenvalue weighted by atomic mass is 10.2. The van der Waals surface area contributed by atoms with Crippen LogP contribution in [0.3, 0.4) is 0 Å². The number of hydrogen-bond donors (Lipinski definition) is 0. The fourth-order valence-corrected chi connectivity index (χ4v) is 4.05. The van der Waals surface area contributed by atoms with Gasteiger partial charge in [-0.1, -0.05) is 13.8 Å². The van der Waals surface area contributed by atoms with Gasteiger partial charge in [0.15, 0.2) is 6.61 Å². The van der Waals surface area contributed by atoms with Crippen molar-refractivity contribution in [2.75, 3.05) is 32.8 Å². The molecule has 0 saturated carbocycles. The van der Waals surface area contributed by atoms with Gasteiger partial charge in [-0.05, 0) is 18.2 Å². The Balaban J connectivity index is 2.97. The zero-order chi connectivity index (χ0) is 22.7. The monoisotopic (exact) mass is 438 g/mol. The van der Waals surface area contributed by atoms with Gasteiger partial charge in [-0.25, -0.2) is 17.6 Å². The van der Waals surface area contributed by atoms with E-state index in [1.165, 1.54) is 4.90 Å². The first-order chi connectivity index (χ1) is 14.2. The van der Waals surface area contributed by atoms with Crippen molar-refractivity contribution in [3.8, 4) is 12.1 Å². The van der Waals surface area contributed by atoms with E-state index >= 15 is 0 Å². The van der Waals surface area contributed by atoms with Crippen LogP contribution in [0.25, 0.3) is 0 Å². The lowest BCUT2D eigenvalue weighted by Crippen LogP contribution is -2.36. The highest BCUT2D eigenvalue weighted by Crippen LogP contribution is 2.20. The molecule has 0 heterocycles. The number of nitriles is 2. The van der Waals surface area contributed by atoms with Gasteiger partial charge in [0.25, 0.3) is 5.91 Å². The van der Waals surface area contributed by atoms with E-state index in [0.717, 1.165) is 22.5 Å². The van der Waals surface area contributed by atoms with Crippen LogP contribution in [0.4, 0.5) is 4.39 Å². The predicted octanol–water partition coefficient (Wildman–Crippen LogP) is 1.67. The Morgan fingerprint density at radius 2 is 1.67 bits per heavy atom. The minimum absolute atomic E-state index is 0.0327. The molecule has 0 fully saturated rings. The zero-order valence-electron chi connectivity index (χ0n) is 16.8. The van der Waals surface area contributed by atoms with E-state index in [1.54, 1.807) is 13.8 Å². The maximum absolute atomic E-state index is 14.1. The normalized spacial score (nSPS) is 10.9. The Bertz CT molecular complexity index is 931. The van der Waals surface area contributed by atoms with Crippen molar-refractivity contribution < 1.29 is 27.1 Å². The number of carbonyl (C=O) groups excluding carboxylic acids is 2. The van der Waals surface area contributed by atoms with E-state index in [2.05, 4.69) is 0 Å². The van der Waals surface area contributed by atoms with Gasteiger partial charge in [0, 0.05) is 26.2 Å². The standard InChI is InChI=1S/C19H23FN4O5S/c1-3-24(4-2)30(27,28)15-7-8-17(20)16(13-15)19(26)29-14-18(25)23(11-5-9-21)12-6-10-22/h7-8,13H,3-6,11-12,14H2,1-2H3. The lowest BCUT2D eigenvalue weighted by molar-refractivity contribution is -0.134. The average Bonchev–Trinajstić information content (AvgIpc) is 2.72. The van der Waals surface area contributed by atoms with Gasteiger partial charge in [0.2, 0.25) is 10.0 Å². The summed E-state index contributed by atoms with van der Waals surface area (Å²) in [7, 11) is -3.92. The molecule has 1 aromatic carbocycles. The van der Waals surface area contributed by atoms with Crippen molar-refractivity contribution in [1.82, 2.24) is 9.21 Å². The number of nitrogens with zero attached hydrogens (tertiary/aromatic N) is 4. The predicted molar refractivity (Wildman–Crippen MR) is 104 cm³/mol. The number of benzene rings is 1. The van der Waals surface area contributed by atoms with Gasteiger partial charge in [0.05, 0.1) is 35.4 Å². The van der Waals surface area contributed by atoms with Crippen molar-refractivity contribution in [3.05, 3.63) is 29.6 Å². The van der Waals surface area contributed by atoms with E-state index in [0.29, 0.717) is 0 Å². The highest BCUT2D eigenvalue weighted by molar-refractivity contribution is 7.89. The van der Waals surface area contributed by atoms with Crippen molar-refractivity contribution in [2.24, 2.45) is 0 Å². The molecule has 1 amide bonds. The third-order valence-corrected chi connectivity index (χ3v) is 6.21. The van der Waals surface area contributed by atoms with Crippen molar-refractivity contribution >= 4 is 21.9 Å². The number of rotatable bonds is 11. The van der Waals surface area contributed by atoms with Crippen LogP contribution in [-0.4, -0.2) is 62.3 Å². The van der Waals surface area contributed by atoms with E-state index in [9.17, 15) is 22.4 Å². The second kappa shape index (κ2) is 11.9. The van der Waals surface area contributed by atoms with E-state index in [1.807, 2.05) is 12.1 Å². The molecule has 0 aliphatic carbocycles. The summed E-state index contributed by atoms with van der Waals surface area (Å²) in [6.45, 7) is 3.08. The Hall–Kier alpha value is -3.02. The van der Waals surface area contributed by atoms with Crippen LogP contribution in [-0.2, 0) is 19.6 Å². The molecule has 0 spiro atoms. The quantitative estimate of drug-likeness (QED) is 0.480. The summed E-state index contributed by atoms with van der Waals surface area (Å²) >= 11 is 0. The minimum Gasteiger partial charge on any atom is -0.452 e. The van der Waals surface area contributed by atoms with Crippen molar-refractivity contribution in [2.45, 2.75) is 31.6 Å². The SMILES string of the molecule is CCN(CC)S(=O)(=O)c1ccc(F)c(C(=O)OCC(=O)N(CCC#N)CCC#N)c1. The molecule has 0 radical (unpaired) electrons. The summed E-state index contributed by atoms with van der Waals surface area (Å²) in [5, 5.41) is 17.3. The van der Waals surface area contributed by atoms with Gasteiger partial charge in [0.1, 0.15) is 5.82 Å². The fraction of sp³-hybridized carbons (Fsp3) is 0.474. The molecule has 0 atom stereocenters. The number of carbonyl (C=O) groups is 2. The molecular formula is C19H23FN4O5S. The molecular weight excluding hydrogens is 415 g/mol. The first-order valence-corrected chi connectivity index (χ1v) is 10.6. The van der Waals surface area contributed by atoms with Crippen LogP contribution < -0.4 is 0 Å². The average molecular weight is 438 g/mol. The summed E-state index contributed by atoms with van der Waals surface area (Å²) < 4.78 is 45.3.